The minimum atomic E-state index is -4.06. The van der Waals surface area contributed by atoms with Crippen LogP contribution in [0.5, 0.6) is 0 Å². The van der Waals surface area contributed by atoms with E-state index < -0.39 is 32.2 Å². The lowest BCUT2D eigenvalue weighted by Crippen LogP contribution is -2.49. The molecule has 6 nitrogen and oxygen atoms in total. The molecule has 1 aliphatic rings. The molecule has 0 unspecified atom stereocenters. The molecule has 2 N–H and O–H groups in total. The van der Waals surface area contributed by atoms with Crippen LogP contribution in [0.3, 0.4) is 0 Å². The highest BCUT2D eigenvalue weighted by Gasteiger charge is 2.33. The quantitative estimate of drug-likeness (QED) is 0.875. The highest BCUT2D eigenvalue weighted by Crippen LogP contribution is 2.24. The molecule has 0 spiro atoms. The average molecular weight is 317 g/mol. The fourth-order valence-electron chi connectivity index (χ4n) is 2.16. The summed E-state index contributed by atoms with van der Waals surface area (Å²) in [6.07, 6.45) is 0.974. The number of rotatable bonds is 4. The van der Waals surface area contributed by atoms with Crippen LogP contribution in [0.25, 0.3) is 0 Å². The van der Waals surface area contributed by atoms with Gasteiger partial charge in [-0.2, -0.15) is 0 Å². The Hall–Kier alpha value is -1.51. The summed E-state index contributed by atoms with van der Waals surface area (Å²) in [6.45, 7) is 2.59. The molecule has 0 aliphatic carbocycles. The number of benzene rings is 1. The molecular weight excluding hydrogens is 301 g/mol. The molecule has 1 heterocycles. The van der Waals surface area contributed by atoms with Crippen molar-refractivity contribution in [2.75, 3.05) is 13.2 Å². The lowest BCUT2D eigenvalue weighted by atomic mass is 9.94. The van der Waals surface area contributed by atoms with Crippen molar-refractivity contribution in [3.8, 4) is 0 Å². The SMILES string of the molecule is CC1(NS(=O)(=O)c2ccc(C(=O)O)cc2F)CCOCC1. The van der Waals surface area contributed by atoms with Crippen LogP contribution in [0, 0.1) is 5.82 Å². The Morgan fingerprint density at radius 1 is 1.38 bits per heavy atom. The molecule has 1 aliphatic heterocycles. The van der Waals surface area contributed by atoms with Gasteiger partial charge in [-0.25, -0.2) is 22.3 Å². The molecule has 0 atom stereocenters. The Morgan fingerprint density at radius 3 is 2.52 bits per heavy atom. The van der Waals surface area contributed by atoms with Crippen LogP contribution < -0.4 is 4.72 Å². The number of carbonyl (C=O) groups is 1. The minimum Gasteiger partial charge on any atom is -0.478 e. The topological polar surface area (TPSA) is 92.7 Å². The van der Waals surface area contributed by atoms with E-state index in [4.69, 9.17) is 9.84 Å². The third-order valence-corrected chi connectivity index (χ3v) is 5.12. The molecule has 2 rings (SSSR count). The Labute approximate surface area is 122 Å². The van der Waals surface area contributed by atoms with E-state index in [2.05, 4.69) is 4.72 Å². The fraction of sp³-hybridized carbons (Fsp3) is 0.462. The molecule has 1 aromatic rings. The van der Waals surface area contributed by atoms with Crippen molar-refractivity contribution in [3.63, 3.8) is 0 Å². The van der Waals surface area contributed by atoms with Crippen LogP contribution in [-0.4, -0.2) is 38.2 Å². The lowest BCUT2D eigenvalue weighted by molar-refractivity contribution is 0.0537. The van der Waals surface area contributed by atoms with Crippen LogP contribution in [0.1, 0.15) is 30.1 Å². The summed E-state index contributed by atoms with van der Waals surface area (Å²) in [5, 5.41) is 8.76. The van der Waals surface area contributed by atoms with Gasteiger partial charge in [-0.3, -0.25) is 0 Å². The van der Waals surface area contributed by atoms with Crippen molar-refractivity contribution in [3.05, 3.63) is 29.6 Å². The zero-order chi connectivity index (χ0) is 15.7. The molecular formula is C13H16FNO5S. The predicted molar refractivity (Wildman–Crippen MR) is 72.1 cm³/mol. The van der Waals surface area contributed by atoms with Crippen molar-refractivity contribution >= 4 is 16.0 Å². The van der Waals surface area contributed by atoms with Gasteiger partial charge in [-0.15, -0.1) is 0 Å². The Bertz CT molecular complexity index is 653. The molecule has 0 aromatic heterocycles. The third-order valence-electron chi connectivity index (χ3n) is 3.45. The first-order valence-corrected chi connectivity index (χ1v) is 7.86. The number of halogens is 1. The summed E-state index contributed by atoms with van der Waals surface area (Å²) in [6, 6.07) is 2.72. The largest absolute Gasteiger partial charge is 0.478 e. The van der Waals surface area contributed by atoms with Gasteiger partial charge in [0.2, 0.25) is 10.0 Å². The second-order valence-electron chi connectivity index (χ2n) is 5.23. The number of aromatic carboxylic acids is 1. The summed E-state index contributed by atoms with van der Waals surface area (Å²) < 4.78 is 46.1. The molecule has 21 heavy (non-hydrogen) atoms. The van der Waals surface area contributed by atoms with Crippen molar-refractivity contribution in [1.29, 1.82) is 0 Å². The Balaban J connectivity index is 2.29. The number of hydrogen-bond acceptors (Lipinski definition) is 4. The molecule has 0 bridgehead atoms. The average Bonchev–Trinajstić information content (AvgIpc) is 2.37. The normalized spacial score (nSPS) is 18.4. The summed E-state index contributed by atoms with van der Waals surface area (Å²) in [5.74, 6) is -2.40. The summed E-state index contributed by atoms with van der Waals surface area (Å²) in [5.41, 5.74) is -1.00. The van der Waals surface area contributed by atoms with Crippen LogP contribution in [0.2, 0.25) is 0 Å². The Kier molecular flexibility index (Phi) is 4.31. The van der Waals surface area contributed by atoms with Gasteiger partial charge in [-0.1, -0.05) is 0 Å². The maximum absolute atomic E-state index is 13.9. The number of carboxylic acid groups (broad SMARTS) is 1. The molecule has 1 aromatic carbocycles. The van der Waals surface area contributed by atoms with E-state index in [1.807, 2.05) is 0 Å². The third kappa shape index (κ3) is 3.58. The van der Waals surface area contributed by atoms with E-state index in [0.717, 1.165) is 12.1 Å². The standard InChI is InChI=1S/C13H16FNO5S/c1-13(4-6-20-7-5-13)15-21(18,19)11-3-2-9(12(16)17)8-10(11)14/h2-3,8,15H,4-7H2,1H3,(H,16,17). The van der Waals surface area contributed by atoms with Crippen LogP contribution >= 0.6 is 0 Å². The summed E-state index contributed by atoms with van der Waals surface area (Å²) >= 11 is 0. The van der Waals surface area contributed by atoms with E-state index in [-0.39, 0.29) is 5.56 Å². The smallest absolute Gasteiger partial charge is 0.335 e. The highest BCUT2D eigenvalue weighted by atomic mass is 32.2. The second kappa shape index (κ2) is 5.70. The van der Waals surface area contributed by atoms with Gasteiger partial charge in [0.25, 0.3) is 0 Å². The van der Waals surface area contributed by atoms with E-state index in [9.17, 15) is 17.6 Å². The van der Waals surface area contributed by atoms with Crippen LogP contribution in [0.4, 0.5) is 4.39 Å². The van der Waals surface area contributed by atoms with Gasteiger partial charge < -0.3 is 9.84 Å². The molecule has 116 valence electrons. The van der Waals surface area contributed by atoms with Crippen molar-refractivity contribution in [2.24, 2.45) is 0 Å². The van der Waals surface area contributed by atoms with Gasteiger partial charge in [0.15, 0.2) is 0 Å². The lowest BCUT2D eigenvalue weighted by Gasteiger charge is -2.34. The highest BCUT2D eigenvalue weighted by molar-refractivity contribution is 7.89. The summed E-state index contributed by atoms with van der Waals surface area (Å²) in [4.78, 5) is 10.2. The molecule has 0 radical (unpaired) electrons. The minimum absolute atomic E-state index is 0.302. The van der Waals surface area contributed by atoms with E-state index >= 15 is 0 Å². The number of ether oxygens (including phenoxy) is 1. The number of hydrogen-bond donors (Lipinski definition) is 2. The summed E-state index contributed by atoms with van der Waals surface area (Å²) in [7, 11) is -4.06. The van der Waals surface area contributed by atoms with E-state index in [1.54, 1.807) is 6.92 Å². The zero-order valence-corrected chi connectivity index (χ0v) is 12.2. The molecule has 1 fully saturated rings. The first-order valence-electron chi connectivity index (χ1n) is 6.38. The van der Waals surface area contributed by atoms with Gasteiger partial charge >= 0.3 is 5.97 Å². The number of sulfonamides is 1. The molecule has 1 saturated heterocycles. The molecule has 8 heteroatoms. The van der Waals surface area contributed by atoms with E-state index in [1.165, 1.54) is 0 Å². The van der Waals surface area contributed by atoms with Crippen LogP contribution in [0.15, 0.2) is 23.1 Å². The number of carboxylic acids is 1. The van der Waals surface area contributed by atoms with Gasteiger partial charge in [0.05, 0.1) is 5.56 Å². The first-order chi connectivity index (χ1) is 9.73. The maximum Gasteiger partial charge on any atom is 0.335 e. The van der Waals surface area contributed by atoms with E-state index in [0.29, 0.717) is 32.1 Å². The first kappa shape index (κ1) is 15.9. The fourth-order valence-corrected chi connectivity index (χ4v) is 3.68. The second-order valence-corrected chi connectivity index (χ2v) is 6.88. The van der Waals surface area contributed by atoms with Crippen LogP contribution in [-0.2, 0) is 14.8 Å². The number of nitrogens with one attached hydrogen (secondary N) is 1. The predicted octanol–water partition coefficient (Wildman–Crippen LogP) is 1.37. The van der Waals surface area contributed by atoms with Gasteiger partial charge in [0, 0.05) is 18.8 Å². The van der Waals surface area contributed by atoms with Gasteiger partial charge in [0.1, 0.15) is 10.7 Å². The van der Waals surface area contributed by atoms with Crippen molar-refractivity contribution in [2.45, 2.75) is 30.2 Å². The van der Waals surface area contributed by atoms with Gasteiger partial charge in [-0.05, 0) is 38.0 Å². The van der Waals surface area contributed by atoms with Crippen molar-refractivity contribution < 1.29 is 27.4 Å². The Morgan fingerprint density at radius 2 is 2.00 bits per heavy atom. The van der Waals surface area contributed by atoms with Crippen molar-refractivity contribution in [1.82, 2.24) is 4.72 Å². The molecule has 0 amide bonds. The molecule has 0 saturated carbocycles. The zero-order valence-electron chi connectivity index (χ0n) is 11.4. The monoisotopic (exact) mass is 317 g/mol. The maximum atomic E-state index is 13.9.